The summed E-state index contributed by atoms with van der Waals surface area (Å²) in [6.45, 7) is 10.2. The second kappa shape index (κ2) is 7.95. The molecule has 2 aromatic carbocycles. The van der Waals surface area contributed by atoms with Gasteiger partial charge in [-0.05, 0) is 40.7 Å². The second-order valence-electron chi connectivity index (χ2n) is 9.06. The standard InChI is InChI=1S/C23H30N2O4S/c1-15(2)17-9-7-8-10-18(17)24-22(26)21-14-25(30(6,27)28)19-13-16(23(3,4)5)11-12-20(19)29-21/h7-13,15,21H,14H2,1-6H3,(H,24,26)/t21-/m1/s1. The van der Waals surface area contributed by atoms with Gasteiger partial charge in [0.25, 0.3) is 5.91 Å². The van der Waals surface area contributed by atoms with Crippen LogP contribution >= 0.6 is 0 Å². The highest BCUT2D eigenvalue weighted by atomic mass is 32.2. The van der Waals surface area contributed by atoms with Crippen LogP contribution in [0.15, 0.2) is 42.5 Å². The number of hydrogen-bond donors (Lipinski definition) is 1. The third-order valence-electron chi connectivity index (χ3n) is 5.23. The van der Waals surface area contributed by atoms with Crippen LogP contribution in [0, 0.1) is 0 Å². The summed E-state index contributed by atoms with van der Waals surface area (Å²) in [5.41, 5.74) is 3.04. The van der Waals surface area contributed by atoms with E-state index >= 15 is 0 Å². The van der Waals surface area contributed by atoms with Gasteiger partial charge >= 0.3 is 0 Å². The van der Waals surface area contributed by atoms with Crippen molar-refractivity contribution in [2.75, 3.05) is 22.4 Å². The summed E-state index contributed by atoms with van der Waals surface area (Å²) >= 11 is 0. The zero-order valence-electron chi connectivity index (χ0n) is 18.4. The fourth-order valence-corrected chi connectivity index (χ4v) is 4.40. The third-order valence-corrected chi connectivity index (χ3v) is 6.37. The second-order valence-corrected chi connectivity index (χ2v) is 11.0. The molecule has 0 aromatic heterocycles. The van der Waals surface area contributed by atoms with Crippen molar-refractivity contribution in [2.24, 2.45) is 0 Å². The summed E-state index contributed by atoms with van der Waals surface area (Å²) in [4.78, 5) is 13.0. The quantitative estimate of drug-likeness (QED) is 0.786. The first-order valence-corrected chi connectivity index (χ1v) is 11.9. The Balaban J connectivity index is 1.94. The highest BCUT2D eigenvalue weighted by Gasteiger charge is 2.36. The molecule has 1 N–H and O–H groups in total. The van der Waals surface area contributed by atoms with Crippen molar-refractivity contribution in [3.8, 4) is 5.75 Å². The lowest BCUT2D eigenvalue weighted by molar-refractivity contribution is -0.122. The molecule has 3 rings (SSSR count). The SMILES string of the molecule is CC(C)c1ccccc1NC(=O)[C@H]1CN(S(C)(=O)=O)c2cc(C(C)(C)C)ccc2O1. The molecule has 0 aliphatic carbocycles. The fourth-order valence-electron chi connectivity index (χ4n) is 3.50. The summed E-state index contributed by atoms with van der Waals surface area (Å²) < 4.78 is 32.2. The molecule has 0 fully saturated rings. The van der Waals surface area contributed by atoms with E-state index in [1.807, 2.05) is 36.4 Å². The lowest BCUT2D eigenvalue weighted by Gasteiger charge is -2.35. The van der Waals surface area contributed by atoms with Gasteiger partial charge in [0, 0.05) is 5.69 Å². The minimum absolute atomic E-state index is 0.0743. The predicted molar refractivity (Wildman–Crippen MR) is 121 cm³/mol. The minimum atomic E-state index is -3.59. The monoisotopic (exact) mass is 430 g/mol. The van der Waals surface area contributed by atoms with Gasteiger partial charge in [-0.25, -0.2) is 8.42 Å². The van der Waals surface area contributed by atoms with Gasteiger partial charge in [0.15, 0.2) is 6.10 Å². The number of nitrogens with zero attached hydrogens (tertiary/aromatic N) is 1. The molecule has 0 unspecified atom stereocenters. The smallest absolute Gasteiger partial charge is 0.267 e. The van der Waals surface area contributed by atoms with Crippen molar-refractivity contribution in [3.05, 3.63) is 53.6 Å². The first kappa shape index (κ1) is 22.2. The van der Waals surface area contributed by atoms with Crippen LogP contribution in [0.25, 0.3) is 0 Å². The molecule has 0 spiro atoms. The Labute approximate surface area is 179 Å². The third kappa shape index (κ3) is 4.61. The van der Waals surface area contributed by atoms with Crippen LogP contribution in [-0.2, 0) is 20.2 Å². The minimum Gasteiger partial charge on any atom is -0.476 e. The zero-order chi connectivity index (χ0) is 22.3. The largest absolute Gasteiger partial charge is 0.476 e. The molecule has 0 radical (unpaired) electrons. The van der Waals surface area contributed by atoms with Crippen LogP contribution in [-0.4, -0.2) is 33.2 Å². The molecule has 2 aromatic rings. The number of sulfonamides is 1. The van der Waals surface area contributed by atoms with Gasteiger partial charge in [0.05, 0.1) is 18.5 Å². The Morgan fingerprint density at radius 1 is 1.17 bits per heavy atom. The van der Waals surface area contributed by atoms with Crippen LogP contribution in [0.2, 0.25) is 0 Å². The molecular formula is C23H30N2O4S. The first-order valence-electron chi connectivity index (χ1n) is 10.1. The summed E-state index contributed by atoms with van der Waals surface area (Å²) in [5, 5.41) is 2.91. The van der Waals surface area contributed by atoms with Crippen molar-refractivity contribution >= 4 is 27.3 Å². The van der Waals surface area contributed by atoms with Crippen LogP contribution < -0.4 is 14.4 Å². The molecule has 1 amide bonds. The number of carbonyl (C=O) groups excluding carboxylic acids is 1. The Morgan fingerprint density at radius 3 is 2.43 bits per heavy atom. The molecule has 6 nitrogen and oxygen atoms in total. The van der Waals surface area contributed by atoms with Gasteiger partial charge in [-0.1, -0.05) is 58.9 Å². The van der Waals surface area contributed by atoms with Crippen molar-refractivity contribution in [1.82, 2.24) is 0 Å². The summed E-state index contributed by atoms with van der Waals surface area (Å²) in [6, 6.07) is 13.1. The number of ether oxygens (including phenoxy) is 1. The van der Waals surface area contributed by atoms with E-state index in [0.29, 0.717) is 17.1 Å². The highest BCUT2D eigenvalue weighted by Crippen LogP contribution is 2.38. The number of nitrogens with one attached hydrogen (secondary N) is 1. The molecule has 1 atom stereocenters. The van der Waals surface area contributed by atoms with E-state index in [9.17, 15) is 13.2 Å². The average Bonchev–Trinajstić information content (AvgIpc) is 2.65. The maximum atomic E-state index is 13.0. The topological polar surface area (TPSA) is 75.7 Å². The Hall–Kier alpha value is -2.54. The molecule has 0 saturated carbocycles. The van der Waals surface area contributed by atoms with Gasteiger partial charge in [-0.3, -0.25) is 9.10 Å². The van der Waals surface area contributed by atoms with Crippen LogP contribution in [0.3, 0.4) is 0 Å². The van der Waals surface area contributed by atoms with Crippen LogP contribution in [0.4, 0.5) is 11.4 Å². The lowest BCUT2D eigenvalue weighted by atomic mass is 9.86. The van der Waals surface area contributed by atoms with E-state index in [1.54, 1.807) is 6.07 Å². The number of amides is 1. The van der Waals surface area contributed by atoms with Crippen molar-refractivity contribution in [2.45, 2.75) is 52.1 Å². The van der Waals surface area contributed by atoms with Crippen molar-refractivity contribution in [1.29, 1.82) is 0 Å². The Morgan fingerprint density at radius 2 is 1.83 bits per heavy atom. The van der Waals surface area contributed by atoms with Crippen molar-refractivity contribution in [3.63, 3.8) is 0 Å². The molecule has 1 aliphatic heterocycles. The van der Waals surface area contributed by atoms with Crippen molar-refractivity contribution < 1.29 is 17.9 Å². The molecule has 1 heterocycles. The lowest BCUT2D eigenvalue weighted by Crippen LogP contribution is -2.48. The summed E-state index contributed by atoms with van der Waals surface area (Å²) in [6.07, 6.45) is 0.197. The number of para-hydroxylation sites is 1. The van der Waals surface area contributed by atoms with Gasteiger partial charge in [0.2, 0.25) is 10.0 Å². The zero-order valence-corrected chi connectivity index (χ0v) is 19.2. The number of hydrogen-bond acceptors (Lipinski definition) is 4. The molecule has 7 heteroatoms. The maximum absolute atomic E-state index is 13.0. The number of rotatable bonds is 4. The van der Waals surface area contributed by atoms with Gasteiger partial charge in [0.1, 0.15) is 5.75 Å². The van der Waals surface area contributed by atoms with Gasteiger partial charge in [-0.15, -0.1) is 0 Å². The number of fused-ring (bicyclic) bond motifs is 1. The molecular weight excluding hydrogens is 400 g/mol. The van der Waals surface area contributed by atoms with E-state index < -0.39 is 16.1 Å². The maximum Gasteiger partial charge on any atom is 0.267 e. The number of carbonyl (C=O) groups is 1. The highest BCUT2D eigenvalue weighted by molar-refractivity contribution is 7.92. The Kier molecular flexibility index (Phi) is 5.87. The predicted octanol–water partition coefficient (Wildman–Crippen LogP) is 4.27. The molecule has 162 valence electrons. The number of benzene rings is 2. The first-order chi connectivity index (χ1) is 13.9. The molecule has 0 bridgehead atoms. The van der Waals surface area contributed by atoms with E-state index in [0.717, 1.165) is 17.4 Å². The van der Waals surface area contributed by atoms with Gasteiger partial charge < -0.3 is 10.1 Å². The van der Waals surface area contributed by atoms with Crippen LogP contribution in [0.5, 0.6) is 5.75 Å². The van der Waals surface area contributed by atoms with E-state index in [4.69, 9.17) is 4.74 Å². The average molecular weight is 431 g/mol. The van der Waals surface area contributed by atoms with Gasteiger partial charge in [-0.2, -0.15) is 0 Å². The summed E-state index contributed by atoms with van der Waals surface area (Å²) in [7, 11) is -3.59. The fraction of sp³-hybridized carbons (Fsp3) is 0.435. The number of anilines is 2. The van der Waals surface area contributed by atoms with E-state index in [-0.39, 0.29) is 23.8 Å². The summed E-state index contributed by atoms with van der Waals surface area (Å²) in [5.74, 6) is 0.247. The molecule has 30 heavy (non-hydrogen) atoms. The molecule has 1 aliphatic rings. The normalized spacial score (nSPS) is 16.8. The van der Waals surface area contributed by atoms with Crippen LogP contribution in [0.1, 0.15) is 51.7 Å². The Bertz CT molecular complexity index is 1060. The molecule has 0 saturated heterocycles. The van der Waals surface area contributed by atoms with E-state index in [2.05, 4.69) is 39.9 Å². The van der Waals surface area contributed by atoms with E-state index in [1.165, 1.54) is 4.31 Å².